The highest BCUT2D eigenvalue weighted by Crippen LogP contribution is 2.26. The fraction of sp³-hybridized carbons (Fsp3) is 0.222. The first-order valence-corrected chi connectivity index (χ1v) is 7.82. The number of carbonyl (C=O) groups is 1. The molecule has 1 atom stereocenters. The normalized spacial score (nSPS) is 16.6. The Labute approximate surface area is 143 Å². The predicted molar refractivity (Wildman–Crippen MR) is 90.7 cm³/mol. The van der Waals surface area contributed by atoms with Crippen LogP contribution in [0.15, 0.2) is 36.4 Å². The zero-order chi connectivity index (χ0) is 18.0. The highest BCUT2D eigenvalue weighted by atomic mass is 19.1. The standard InChI is InChI=1S/C18H17F2N3O2/c19-11-4-1-3-10(7-11)16(21)13-8-12(9-14(20)17(13)22)23-18(24)15-5-2-6-25-15/h1,3-4,7-9,15,21H,2,5-6,22H2,(H,23,24). The average molecular weight is 345 g/mol. The quantitative estimate of drug-likeness (QED) is 0.588. The lowest BCUT2D eigenvalue weighted by molar-refractivity contribution is -0.124. The van der Waals surface area contributed by atoms with Gasteiger partial charge in [0, 0.05) is 23.4 Å². The Kier molecular flexibility index (Phi) is 4.76. The second-order valence-electron chi connectivity index (χ2n) is 5.80. The molecule has 4 N–H and O–H groups in total. The Morgan fingerprint density at radius 3 is 2.76 bits per heavy atom. The van der Waals surface area contributed by atoms with E-state index in [1.165, 1.54) is 24.3 Å². The number of nitrogens with one attached hydrogen (secondary N) is 2. The molecule has 25 heavy (non-hydrogen) atoms. The van der Waals surface area contributed by atoms with Crippen molar-refractivity contribution in [1.29, 1.82) is 5.41 Å². The molecule has 3 rings (SSSR count). The monoisotopic (exact) mass is 345 g/mol. The number of anilines is 2. The van der Waals surface area contributed by atoms with Crippen LogP contribution in [0.5, 0.6) is 0 Å². The number of ether oxygens (including phenoxy) is 1. The summed E-state index contributed by atoms with van der Waals surface area (Å²) in [5.41, 5.74) is 5.87. The molecular weight excluding hydrogens is 328 g/mol. The molecule has 1 aliphatic rings. The Balaban J connectivity index is 1.90. The van der Waals surface area contributed by atoms with Crippen molar-refractivity contribution < 1.29 is 18.3 Å². The van der Waals surface area contributed by atoms with Gasteiger partial charge in [0.1, 0.15) is 17.7 Å². The Morgan fingerprint density at radius 2 is 2.08 bits per heavy atom. The summed E-state index contributed by atoms with van der Waals surface area (Å²) in [4.78, 5) is 12.1. The summed E-state index contributed by atoms with van der Waals surface area (Å²) in [6.45, 7) is 0.518. The van der Waals surface area contributed by atoms with Gasteiger partial charge < -0.3 is 15.8 Å². The van der Waals surface area contributed by atoms with Crippen LogP contribution >= 0.6 is 0 Å². The van der Waals surface area contributed by atoms with E-state index in [9.17, 15) is 13.6 Å². The summed E-state index contributed by atoms with van der Waals surface area (Å²) in [5, 5.41) is 10.8. The highest BCUT2D eigenvalue weighted by molar-refractivity contribution is 6.14. The van der Waals surface area contributed by atoms with Crippen LogP contribution in [0.2, 0.25) is 0 Å². The number of halogens is 2. The number of hydrogen-bond donors (Lipinski definition) is 3. The van der Waals surface area contributed by atoms with Gasteiger partial charge in [-0.3, -0.25) is 10.2 Å². The molecule has 0 spiro atoms. The molecule has 2 aromatic rings. The van der Waals surface area contributed by atoms with Gasteiger partial charge >= 0.3 is 0 Å². The molecule has 1 heterocycles. The van der Waals surface area contributed by atoms with E-state index in [4.69, 9.17) is 15.9 Å². The maximum Gasteiger partial charge on any atom is 0.253 e. The number of nitrogen functional groups attached to an aromatic ring is 1. The largest absolute Gasteiger partial charge is 0.396 e. The number of hydrogen-bond acceptors (Lipinski definition) is 4. The van der Waals surface area contributed by atoms with Crippen LogP contribution in [-0.4, -0.2) is 24.3 Å². The lowest BCUT2D eigenvalue weighted by atomic mass is 9.99. The molecular formula is C18H17F2N3O2. The van der Waals surface area contributed by atoms with Crippen LogP contribution in [0.1, 0.15) is 24.0 Å². The van der Waals surface area contributed by atoms with Crippen molar-refractivity contribution in [2.24, 2.45) is 0 Å². The van der Waals surface area contributed by atoms with Crippen LogP contribution in [0.25, 0.3) is 0 Å². The van der Waals surface area contributed by atoms with Gasteiger partial charge in [-0.15, -0.1) is 0 Å². The van der Waals surface area contributed by atoms with E-state index in [1.807, 2.05) is 0 Å². The first kappa shape index (κ1) is 17.0. The smallest absolute Gasteiger partial charge is 0.253 e. The fourth-order valence-electron chi connectivity index (χ4n) is 2.70. The van der Waals surface area contributed by atoms with E-state index in [-0.39, 0.29) is 34.1 Å². The fourth-order valence-corrected chi connectivity index (χ4v) is 2.70. The van der Waals surface area contributed by atoms with Gasteiger partial charge in [-0.1, -0.05) is 12.1 Å². The van der Waals surface area contributed by atoms with Crippen molar-refractivity contribution >= 4 is 23.0 Å². The lowest BCUT2D eigenvalue weighted by Crippen LogP contribution is -2.27. The van der Waals surface area contributed by atoms with Crippen LogP contribution in [0.4, 0.5) is 20.2 Å². The molecule has 1 fully saturated rings. The molecule has 0 saturated carbocycles. The van der Waals surface area contributed by atoms with Gasteiger partial charge in [0.2, 0.25) is 0 Å². The summed E-state index contributed by atoms with van der Waals surface area (Å²) in [7, 11) is 0. The molecule has 0 aromatic heterocycles. The number of carbonyl (C=O) groups excluding carboxylic acids is 1. The van der Waals surface area contributed by atoms with Crippen molar-refractivity contribution in [3.63, 3.8) is 0 Å². The van der Waals surface area contributed by atoms with Crippen molar-refractivity contribution in [3.05, 3.63) is 59.2 Å². The van der Waals surface area contributed by atoms with Crippen molar-refractivity contribution in [2.75, 3.05) is 17.7 Å². The molecule has 1 unspecified atom stereocenters. The summed E-state index contributed by atoms with van der Waals surface area (Å²) in [6, 6.07) is 7.88. The average Bonchev–Trinajstić information content (AvgIpc) is 3.12. The minimum Gasteiger partial charge on any atom is -0.396 e. The topological polar surface area (TPSA) is 88.2 Å². The minimum absolute atomic E-state index is 0.0771. The first-order chi connectivity index (χ1) is 12.0. The third kappa shape index (κ3) is 3.66. The van der Waals surface area contributed by atoms with E-state index in [0.717, 1.165) is 18.6 Å². The maximum absolute atomic E-state index is 14.1. The Morgan fingerprint density at radius 1 is 1.28 bits per heavy atom. The SMILES string of the molecule is N=C(c1cccc(F)c1)c1cc(NC(=O)C2CCCO2)cc(F)c1N. The summed E-state index contributed by atoms with van der Waals surface area (Å²) in [6.07, 6.45) is 0.838. The molecule has 0 bridgehead atoms. The number of rotatable bonds is 4. The Bertz CT molecular complexity index is 833. The molecule has 1 amide bonds. The van der Waals surface area contributed by atoms with E-state index in [2.05, 4.69) is 5.32 Å². The molecule has 1 aliphatic heterocycles. The zero-order valence-corrected chi connectivity index (χ0v) is 13.3. The minimum atomic E-state index is -0.763. The van der Waals surface area contributed by atoms with E-state index >= 15 is 0 Å². The van der Waals surface area contributed by atoms with Gasteiger partial charge in [-0.2, -0.15) is 0 Å². The van der Waals surface area contributed by atoms with E-state index in [1.54, 1.807) is 0 Å². The van der Waals surface area contributed by atoms with E-state index < -0.39 is 17.7 Å². The van der Waals surface area contributed by atoms with Crippen LogP contribution < -0.4 is 11.1 Å². The van der Waals surface area contributed by atoms with Crippen LogP contribution in [-0.2, 0) is 9.53 Å². The predicted octanol–water partition coefficient (Wildman–Crippen LogP) is 3.08. The highest BCUT2D eigenvalue weighted by Gasteiger charge is 2.24. The van der Waals surface area contributed by atoms with Crippen molar-refractivity contribution in [2.45, 2.75) is 18.9 Å². The number of benzene rings is 2. The van der Waals surface area contributed by atoms with Gasteiger partial charge in [-0.05, 0) is 37.1 Å². The van der Waals surface area contributed by atoms with Crippen LogP contribution in [0.3, 0.4) is 0 Å². The number of amides is 1. The van der Waals surface area contributed by atoms with Crippen molar-refractivity contribution in [1.82, 2.24) is 0 Å². The number of nitrogens with two attached hydrogens (primary N) is 1. The first-order valence-electron chi connectivity index (χ1n) is 7.82. The summed E-state index contributed by atoms with van der Waals surface area (Å²) >= 11 is 0. The third-order valence-electron chi connectivity index (χ3n) is 4.00. The lowest BCUT2D eigenvalue weighted by Gasteiger charge is -2.14. The molecule has 7 heteroatoms. The van der Waals surface area contributed by atoms with Crippen LogP contribution in [0, 0.1) is 17.0 Å². The zero-order valence-electron chi connectivity index (χ0n) is 13.3. The third-order valence-corrected chi connectivity index (χ3v) is 4.00. The second-order valence-corrected chi connectivity index (χ2v) is 5.80. The molecule has 2 aromatic carbocycles. The van der Waals surface area contributed by atoms with Crippen molar-refractivity contribution in [3.8, 4) is 0 Å². The van der Waals surface area contributed by atoms with Gasteiger partial charge in [-0.25, -0.2) is 8.78 Å². The van der Waals surface area contributed by atoms with Gasteiger partial charge in [0.25, 0.3) is 5.91 Å². The molecule has 5 nitrogen and oxygen atoms in total. The molecule has 1 saturated heterocycles. The maximum atomic E-state index is 14.1. The summed E-state index contributed by atoms with van der Waals surface area (Å²) < 4.78 is 32.8. The molecule has 0 aliphatic carbocycles. The van der Waals surface area contributed by atoms with Gasteiger partial charge in [0.15, 0.2) is 0 Å². The van der Waals surface area contributed by atoms with Gasteiger partial charge in [0.05, 0.1) is 11.4 Å². The summed E-state index contributed by atoms with van der Waals surface area (Å²) in [5.74, 6) is -1.64. The molecule has 130 valence electrons. The Hall–Kier alpha value is -2.80. The second kappa shape index (κ2) is 6.98. The van der Waals surface area contributed by atoms with E-state index in [0.29, 0.717) is 13.0 Å². The molecule has 0 radical (unpaired) electrons.